The molecular formula is C26H24O11. The molecule has 2 atom stereocenters. The van der Waals surface area contributed by atoms with Gasteiger partial charge in [0.15, 0.2) is 35.0 Å². The normalized spacial score (nSPS) is 16.6. The first-order valence-corrected chi connectivity index (χ1v) is 11.1. The quantitative estimate of drug-likeness (QED) is 0.327. The van der Waals surface area contributed by atoms with E-state index in [1.807, 2.05) is 0 Å². The van der Waals surface area contributed by atoms with Gasteiger partial charge in [-0.15, -0.1) is 0 Å². The van der Waals surface area contributed by atoms with Crippen molar-refractivity contribution >= 4 is 21.9 Å². The Balaban J connectivity index is 1.78. The van der Waals surface area contributed by atoms with E-state index in [0.29, 0.717) is 5.56 Å². The van der Waals surface area contributed by atoms with Crippen LogP contribution in [0.3, 0.4) is 0 Å². The van der Waals surface area contributed by atoms with Gasteiger partial charge in [0.25, 0.3) is 0 Å². The predicted molar refractivity (Wildman–Crippen MR) is 131 cm³/mol. The highest BCUT2D eigenvalue weighted by molar-refractivity contribution is 5.98. The topological polar surface area (TPSA) is 146 Å². The maximum atomic E-state index is 13.5. The standard InChI is InChI=1S/C26H24O11/c1-31-14-7-12(28)8-15-20(14)21(29)13-9-18(34-4)25-26(24(13)35-15)37-23(19(10-27)36-25)11-5-16(32-2)22(30)17(6-11)33-3/h5-9,19,23,27-28,30H,10H2,1-4H3/t19-,23-/m0/s1. The lowest BCUT2D eigenvalue weighted by molar-refractivity contribution is -0.0136. The van der Waals surface area contributed by atoms with Crippen molar-refractivity contribution in [3.8, 4) is 46.0 Å². The van der Waals surface area contributed by atoms with Gasteiger partial charge in [-0.05, 0) is 18.2 Å². The predicted octanol–water partition coefficient (Wildman–Crippen LogP) is 3.27. The molecule has 0 saturated heterocycles. The Morgan fingerprint density at radius 1 is 0.811 bits per heavy atom. The maximum absolute atomic E-state index is 13.5. The fraction of sp³-hybridized carbons (Fsp3) is 0.269. The van der Waals surface area contributed by atoms with Crippen LogP contribution in [0.5, 0.6) is 46.0 Å². The summed E-state index contributed by atoms with van der Waals surface area (Å²) in [4.78, 5) is 13.5. The molecule has 5 rings (SSSR count). The van der Waals surface area contributed by atoms with Crippen LogP contribution in [0.2, 0.25) is 0 Å². The van der Waals surface area contributed by atoms with Crippen molar-refractivity contribution in [2.75, 3.05) is 35.0 Å². The van der Waals surface area contributed by atoms with E-state index in [2.05, 4.69) is 0 Å². The zero-order valence-corrected chi connectivity index (χ0v) is 20.4. The number of benzene rings is 3. The second-order valence-corrected chi connectivity index (χ2v) is 8.22. The van der Waals surface area contributed by atoms with E-state index in [1.165, 1.54) is 58.8 Å². The lowest BCUT2D eigenvalue weighted by Crippen LogP contribution is -2.36. The molecule has 0 saturated carbocycles. The van der Waals surface area contributed by atoms with Gasteiger partial charge in [-0.2, -0.15) is 0 Å². The van der Waals surface area contributed by atoms with Gasteiger partial charge in [-0.25, -0.2) is 0 Å². The first-order valence-electron chi connectivity index (χ1n) is 11.1. The molecule has 0 unspecified atom stereocenters. The van der Waals surface area contributed by atoms with Crippen molar-refractivity contribution in [2.24, 2.45) is 0 Å². The van der Waals surface area contributed by atoms with Crippen LogP contribution < -0.4 is 33.8 Å². The highest BCUT2D eigenvalue weighted by atomic mass is 16.6. The summed E-state index contributed by atoms with van der Waals surface area (Å²) in [6, 6.07) is 7.11. The third-order valence-electron chi connectivity index (χ3n) is 6.19. The molecule has 3 N–H and O–H groups in total. The van der Waals surface area contributed by atoms with Gasteiger partial charge >= 0.3 is 0 Å². The summed E-state index contributed by atoms with van der Waals surface area (Å²) in [6.45, 7) is -0.441. The van der Waals surface area contributed by atoms with E-state index < -0.39 is 24.2 Å². The molecule has 37 heavy (non-hydrogen) atoms. The van der Waals surface area contributed by atoms with E-state index in [0.717, 1.165) is 0 Å². The maximum Gasteiger partial charge on any atom is 0.209 e. The van der Waals surface area contributed by atoms with Crippen LogP contribution in [0, 0.1) is 0 Å². The van der Waals surface area contributed by atoms with Crippen LogP contribution in [0.1, 0.15) is 11.7 Å². The summed E-state index contributed by atoms with van der Waals surface area (Å²) in [5.41, 5.74) is 0.125. The molecular weight excluding hydrogens is 488 g/mol. The van der Waals surface area contributed by atoms with Crippen LogP contribution in [-0.2, 0) is 0 Å². The van der Waals surface area contributed by atoms with Crippen LogP contribution >= 0.6 is 0 Å². The van der Waals surface area contributed by atoms with Crippen LogP contribution in [0.4, 0.5) is 0 Å². The molecule has 194 valence electrons. The number of hydrogen-bond donors (Lipinski definition) is 3. The number of aromatic hydroxyl groups is 2. The summed E-state index contributed by atoms with van der Waals surface area (Å²) in [5.74, 6) is 0.379. The minimum atomic E-state index is -0.934. The van der Waals surface area contributed by atoms with Crippen LogP contribution in [-0.4, -0.2) is 56.5 Å². The molecule has 4 aromatic rings. The molecule has 0 fully saturated rings. The molecule has 0 amide bonds. The van der Waals surface area contributed by atoms with Crippen molar-refractivity contribution in [3.63, 3.8) is 0 Å². The summed E-state index contributed by atoms with van der Waals surface area (Å²) >= 11 is 0. The average molecular weight is 512 g/mol. The molecule has 11 heteroatoms. The highest BCUT2D eigenvalue weighted by Crippen LogP contribution is 2.51. The van der Waals surface area contributed by atoms with Gasteiger partial charge in [-0.3, -0.25) is 4.79 Å². The van der Waals surface area contributed by atoms with Gasteiger partial charge in [0, 0.05) is 17.7 Å². The van der Waals surface area contributed by atoms with Crippen molar-refractivity contribution < 1.29 is 48.2 Å². The molecule has 0 aliphatic carbocycles. The Hall–Kier alpha value is -4.51. The summed E-state index contributed by atoms with van der Waals surface area (Å²) in [5, 5.41) is 30.8. The lowest BCUT2D eigenvalue weighted by atomic mass is 10.0. The second-order valence-electron chi connectivity index (χ2n) is 8.22. The van der Waals surface area contributed by atoms with E-state index >= 15 is 0 Å². The van der Waals surface area contributed by atoms with E-state index in [1.54, 1.807) is 0 Å². The van der Waals surface area contributed by atoms with Crippen molar-refractivity contribution in [1.29, 1.82) is 0 Å². The molecule has 0 bridgehead atoms. The molecule has 2 heterocycles. The van der Waals surface area contributed by atoms with Crippen LogP contribution in [0.25, 0.3) is 21.9 Å². The third kappa shape index (κ3) is 3.75. The summed E-state index contributed by atoms with van der Waals surface area (Å²) < 4.78 is 39.7. The van der Waals surface area contributed by atoms with Gasteiger partial charge < -0.3 is 48.2 Å². The Labute approximate surface area is 209 Å². The Morgan fingerprint density at radius 3 is 2.05 bits per heavy atom. The summed E-state index contributed by atoms with van der Waals surface area (Å²) in [7, 11) is 5.55. The Morgan fingerprint density at radius 2 is 1.46 bits per heavy atom. The molecule has 1 aliphatic rings. The van der Waals surface area contributed by atoms with E-state index in [9.17, 15) is 20.1 Å². The minimum absolute atomic E-state index is 0.0417. The largest absolute Gasteiger partial charge is 0.508 e. The van der Waals surface area contributed by atoms with Gasteiger partial charge in [0.2, 0.25) is 22.7 Å². The number of aliphatic hydroxyl groups is 1. The number of phenols is 2. The molecule has 0 spiro atoms. The fourth-order valence-electron chi connectivity index (χ4n) is 4.44. The second kappa shape index (κ2) is 9.17. The minimum Gasteiger partial charge on any atom is -0.508 e. The molecule has 1 aliphatic heterocycles. The molecule has 1 aromatic heterocycles. The fourth-order valence-corrected chi connectivity index (χ4v) is 4.44. The van der Waals surface area contributed by atoms with Gasteiger partial charge in [-0.1, -0.05) is 0 Å². The van der Waals surface area contributed by atoms with E-state index in [4.69, 9.17) is 32.8 Å². The first kappa shape index (κ1) is 24.2. The first-order chi connectivity index (χ1) is 17.8. The van der Waals surface area contributed by atoms with Crippen molar-refractivity contribution in [2.45, 2.75) is 12.2 Å². The zero-order chi connectivity index (χ0) is 26.4. The smallest absolute Gasteiger partial charge is 0.209 e. The number of methoxy groups -OCH3 is 4. The number of fused-ring (bicyclic) bond motifs is 4. The number of ether oxygens (including phenoxy) is 6. The monoisotopic (exact) mass is 512 g/mol. The molecule has 0 radical (unpaired) electrons. The van der Waals surface area contributed by atoms with Crippen molar-refractivity contribution in [1.82, 2.24) is 0 Å². The number of phenolic OH excluding ortho intramolecular Hbond substituents is 2. The average Bonchev–Trinajstić information content (AvgIpc) is 2.91. The van der Waals surface area contributed by atoms with Gasteiger partial charge in [0.1, 0.15) is 22.5 Å². The summed E-state index contributed by atoms with van der Waals surface area (Å²) in [6.07, 6.45) is -1.84. The zero-order valence-electron chi connectivity index (χ0n) is 20.4. The lowest BCUT2D eigenvalue weighted by Gasteiger charge is -2.34. The SMILES string of the molecule is COc1cc([C@@H]2Oc3c(c(OC)cc4c(=O)c5c(OC)cc(O)cc5oc34)O[C@H]2CO)cc(OC)c1O. The Bertz CT molecular complexity index is 1550. The highest BCUT2D eigenvalue weighted by Gasteiger charge is 2.38. The molecule has 11 nitrogen and oxygen atoms in total. The van der Waals surface area contributed by atoms with Gasteiger partial charge in [0.05, 0.1) is 40.4 Å². The van der Waals surface area contributed by atoms with Crippen LogP contribution in [0.15, 0.2) is 39.5 Å². The number of aliphatic hydroxyl groups excluding tert-OH is 1. The number of hydrogen-bond acceptors (Lipinski definition) is 11. The Kier molecular flexibility index (Phi) is 6.00. The number of rotatable bonds is 6. The van der Waals surface area contributed by atoms with E-state index in [-0.39, 0.29) is 67.9 Å². The van der Waals surface area contributed by atoms with Crippen molar-refractivity contribution in [3.05, 3.63) is 46.1 Å². The molecule has 3 aromatic carbocycles. The third-order valence-corrected chi connectivity index (χ3v) is 6.19.